The summed E-state index contributed by atoms with van der Waals surface area (Å²) in [6, 6.07) is 15.6. The third-order valence-electron chi connectivity index (χ3n) is 5.13. The van der Waals surface area contributed by atoms with E-state index >= 15 is 0 Å². The van der Waals surface area contributed by atoms with Crippen LogP contribution < -0.4 is 9.47 Å². The number of amides is 2. The Balaban J connectivity index is 1.51. The highest BCUT2D eigenvalue weighted by atomic mass is 32.2. The highest BCUT2D eigenvalue weighted by Gasteiger charge is 2.35. The van der Waals surface area contributed by atoms with Crippen LogP contribution in [-0.2, 0) is 4.79 Å². The van der Waals surface area contributed by atoms with Gasteiger partial charge in [-0.15, -0.1) is 0 Å². The smallest absolute Gasteiger partial charge is 0.293 e. The molecule has 1 aromatic heterocycles. The van der Waals surface area contributed by atoms with Gasteiger partial charge in [0, 0.05) is 28.7 Å². The molecule has 4 rings (SSSR count). The number of benzene rings is 2. The van der Waals surface area contributed by atoms with Crippen molar-refractivity contribution in [3.63, 3.8) is 0 Å². The lowest BCUT2D eigenvalue weighted by molar-refractivity contribution is -0.123. The summed E-state index contributed by atoms with van der Waals surface area (Å²) in [6.45, 7) is 4.60. The number of carbonyl (C=O) groups is 2. The Morgan fingerprint density at radius 2 is 1.74 bits per heavy atom. The highest BCUT2D eigenvalue weighted by Crippen LogP contribution is 2.35. The normalized spacial score (nSPS) is 15.5. The van der Waals surface area contributed by atoms with Gasteiger partial charge >= 0.3 is 0 Å². The number of imide groups is 1. The summed E-state index contributed by atoms with van der Waals surface area (Å²) in [5.74, 6) is 0.895. The molecule has 31 heavy (non-hydrogen) atoms. The van der Waals surface area contributed by atoms with Gasteiger partial charge in [0.2, 0.25) is 0 Å². The van der Waals surface area contributed by atoms with Crippen LogP contribution in [0.15, 0.2) is 59.6 Å². The van der Waals surface area contributed by atoms with E-state index < -0.39 is 0 Å². The number of methoxy groups -OCH3 is 1. The summed E-state index contributed by atoms with van der Waals surface area (Å²) < 4.78 is 13.2. The molecule has 1 fully saturated rings. The van der Waals surface area contributed by atoms with Crippen molar-refractivity contribution in [3.05, 3.63) is 65.2 Å². The molecule has 1 saturated heterocycles. The molecule has 0 aliphatic carbocycles. The Bertz CT molecular complexity index is 1170. The minimum Gasteiger partial charge on any atom is -0.493 e. The lowest BCUT2D eigenvalue weighted by Gasteiger charge is -2.14. The van der Waals surface area contributed by atoms with Gasteiger partial charge in [0.1, 0.15) is 6.61 Å². The first-order valence-electron chi connectivity index (χ1n) is 10.1. The predicted molar refractivity (Wildman–Crippen MR) is 123 cm³/mol. The van der Waals surface area contributed by atoms with Crippen LogP contribution in [0.3, 0.4) is 0 Å². The lowest BCUT2D eigenvalue weighted by Crippen LogP contribution is -2.32. The Morgan fingerprint density at radius 3 is 2.48 bits per heavy atom. The van der Waals surface area contributed by atoms with Crippen molar-refractivity contribution in [2.75, 3.05) is 20.3 Å². The molecule has 2 amide bonds. The van der Waals surface area contributed by atoms with Crippen molar-refractivity contribution >= 4 is 39.9 Å². The predicted octanol–water partition coefficient (Wildman–Crippen LogP) is 5.35. The summed E-state index contributed by atoms with van der Waals surface area (Å²) in [4.78, 5) is 27.0. The number of hydrogen-bond acceptors (Lipinski definition) is 5. The van der Waals surface area contributed by atoms with Crippen LogP contribution >= 0.6 is 11.8 Å². The van der Waals surface area contributed by atoms with E-state index in [-0.39, 0.29) is 30.3 Å². The summed E-state index contributed by atoms with van der Waals surface area (Å²) in [5.41, 5.74) is 2.04. The zero-order valence-corrected chi connectivity index (χ0v) is 18.5. The van der Waals surface area contributed by atoms with Crippen molar-refractivity contribution in [2.45, 2.75) is 19.9 Å². The fraction of sp³-hybridized carbons (Fsp3) is 0.250. The van der Waals surface area contributed by atoms with Crippen LogP contribution in [-0.4, -0.2) is 40.9 Å². The van der Waals surface area contributed by atoms with Crippen molar-refractivity contribution in [1.29, 1.82) is 0 Å². The zero-order chi connectivity index (χ0) is 22.0. The molecule has 1 aliphatic rings. The Kier molecular flexibility index (Phi) is 6.04. The van der Waals surface area contributed by atoms with Gasteiger partial charge in [-0.1, -0.05) is 30.3 Å². The zero-order valence-electron chi connectivity index (χ0n) is 17.7. The molecule has 7 heteroatoms. The molecular weight excluding hydrogens is 412 g/mol. The number of para-hydroxylation sites is 3. The van der Waals surface area contributed by atoms with Crippen molar-refractivity contribution in [3.8, 4) is 11.5 Å². The molecule has 0 N–H and O–H groups in total. The number of rotatable bonds is 7. The minimum absolute atomic E-state index is 0.174. The maximum Gasteiger partial charge on any atom is 0.293 e. The van der Waals surface area contributed by atoms with Gasteiger partial charge in [0.05, 0.1) is 18.6 Å². The Hall–Kier alpha value is -3.19. The van der Waals surface area contributed by atoms with E-state index in [1.54, 1.807) is 19.2 Å². The average molecular weight is 437 g/mol. The van der Waals surface area contributed by atoms with Crippen molar-refractivity contribution in [1.82, 2.24) is 9.47 Å². The first-order chi connectivity index (χ1) is 15.0. The van der Waals surface area contributed by atoms with E-state index in [1.807, 2.05) is 42.6 Å². The number of carbonyl (C=O) groups excluding carboxylic acids is 2. The number of ether oxygens (including phenoxy) is 2. The van der Waals surface area contributed by atoms with E-state index in [0.717, 1.165) is 28.2 Å². The van der Waals surface area contributed by atoms with Gasteiger partial charge in [0.25, 0.3) is 11.1 Å². The molecule has 0 unspecified atom stereocenters. The van der Waals surface area contributed by atoms with Gasteiger partial charge in [-0.3, -0.25) is 14.5 Å². The standard InChI is InChI=1S/C24H24N2O4S/c1-16(2)26-15-17(18-8-4-5-9-19(18)26)14-22-23(27)25(24(28)31-22)12-13-30-21-11-7-6-10-20(21)29-3/h4-11,14-16H,12-13H2,1-3H3/b22-14-. The minimum atomic E-state index is -0.292. The molecule has 0 radical (unpaired) electrons. The monoisotopic (exact) mass is 436 g/mol. The van der Waals surface area contributed by atoms with Crippen molar-refractivity contribution in [2.24, 2.45) is 0 Å². The number of nitrogens with zero attached hydrogens (tertiary/aromatic N) is 2. The first kappa shape index (κ1) is 21.1. The first-order valence-corrected chi connectivity index (χ1v) is 10.9. The van der Waals surface area contributed by atoms with Gasteiger partial charge in [-0.25, -0.2) is 0 Å². The van der Waals surface area contributed by atoms with Crippen molar-refractivity contribution < 1.29 is 19.1 Å². The lowest BCUT2D eigenvalue weighted by atomic mass is 10.1. The summed E-state index contributed by atoms with van der Waals surface area (Å²) in [5, 5.41) is 0.773. The van der Waals surface area contributed by atoms with E-state index in [2.05, 4.69) is 24.5 Å². The molecule has 0 saturated carbocycles. The number of aromatic nitrogens is 1. The summed E-state index contributed by atoms with van der Waals surface area (Å²) in [7, 11) is 1.57. The second kappa shape index (κ2) is 8.89. The molecular formula is C24H24N2O4S. The highest BCUT2D eigenvalue weighted by molar-refractivity contribution is 8.18. The van der Waals surface area contributed by atoms with Crippen LogP contribution in [0.1, 0.15) is 25.5 Å². The number of fused-ring (bicyclic) bond motifs is 1. The molecule has 2 heterocycles. The summed E-state index contributed by atoms with van der Waals surface area (Å²) >= 11 is 0.966. The molecule has 2 aromatic carbocycles. The van der Waals surface area contributed by atoms with Crippen LogP contribution in [0, 0.1) is 0 Å². The molecule has 0 spiro atoms. The average Bonchev–Trinajstić information content (AvgIpc) is 3.27. The van der Waals surface area contributed by atoms with Gasteiger partial charge in [0.15, 0.2) is 11.5 Å². The quantitative estimate of drug-likeness (QED) is 0.468. The van der Waals surface area contributed by atoms with Gasteiger partial charge in [-0.2, -0.15) is 0 Å². The summed E-state index contributed by atoms with van der Waals surface area (Å²) in [6.07, 6.45) is 3.85. The Morgan fingerprint density at radius 1 is 1.03 bits per heavy atom. The molecule has 0 bridgehead atoms. The second-order valence-corrected chi connectivity index (χ2v) is 8.43. The molecule has 3 aromatic rings. The molecule has 1 aliphatic heterocycles. The molecule has 160 valence electrons. The van der Waals surface area contributed by atoms with E-state index in [1.165, 1.54) is 4.90 Å². The maximum absolute atomic E-state index is 12.9. The maximum atomic E-state index is 12.9. The topological polar surface area (TPSA) is 60.8 Å². The number of hydrogen-bond donors (Lipinski definition) is 0. The van der Waals surface area contributed by atoms with Gasteiger partial charge in [-0.05, 0) is 49.9 Å². The van der Waals surface area contributed by atoms with Crippen LogP contribution in [0.5, 0.6) is 11.5 Å². The SMILES string of the molecule is COc1ccccc1OCCN1C(=O)S/C(=C\c2cn(C(C)C)c3ccccc23)C1=O. The number of thioether (sulfide) groups is 1. The molecule has 6 nitrogen and oxygen atoms in total. The third kappa shape index (κ3) is 4.18. The van der Waals surface area contributed by atoms with E-state index in [9.17, 15) is 9.59 Å². The second-order valence-electron chi connectivity index (χ2n) is 7.44. The fourth-order valence-electron chi connectivity index (χ4n) is 3.59. The van der Waals surface area contributed by atoms with Crippen LogP contribution in [0.4, 0.5) is 4.79 Å². The van der Waals surface area contributed by atoms with Gasteiger partial charge < -0.3 is 14.0 Å². The largest absolute Gasteiger partial charge is 0.493 e. The molecule has 0 atom stereocenters. The Labute approximate surface area is 185 Å². The van der Waals surface area contributed by atoms with E-state index in [0.29, 0.717) is 16.4 Å². The van der Waals surface area contributed by atoms with E-state index in [4.69, 9.17) is 9.47 Å². The van der Waals surface area contributed by atoms with Crippen LogP contribution in [0.2, 0.25) is 0 Å². The third-order valence-corrected chi connectivity index (χ3v) is 6.04. The fourth-order valence-corrected chi connectivity index (χ4v) is 4.45. The van der Waals surface area contributed by atoms with Crippen LogP contribution in [0.25, 0.3) is 17.0 Å².